The molecule has 4 rings (SSSR count). The lowest BCUT2D eigenvalue weighted by Gasteiger charge is -2.13. The lowest BCUT2D eigenvalue weighted by molar-refractivity contribution is 0.0851. The number of ether oxygens (including phenoxy) is 1. The zero-order valence-corrected chi connectivity index (χ0v) is 17.0. The Morgan fingerprint density at radius 1 is 1.35 bits per heavy atom. The van der Waals surface area contributed by atoms with Crippen LogP contribution in [0.4, 0.5) is 0 Å². The van der Waals surface area contributed by atoms with Gasteiger partial charge in [-0.1, -0.05) is 28.1 Å². The van der Waals surface area contributed by atoms with E-state index in [-0.39, 0.29) is 12.0 Å². The maximum absolute atomic E-state index is 12.8. The number of aromatic nitrogens is 1. The summed E-state index contributed by atoms with van der Waals surface area (Å²) in [7, 11) is 0. The Balaban J connectivity index is 1.61. The summed E-state index contributed by atoms with van der Waals surface area (Å²) in [6.45, 7) is 4.16. The first-order chi connectivity index (χ1) is 12.6. The van der Waals surface area contributed by atoms with Crippen LogP contribution in [0.25, 0.3) is 10.2 Å². The summed E-state index contributed by atoms with van der Waals surface area (Å²) in [5.41, 5.74) is 3.01. The average Bonchev–Trinajstić information content (AvgIpc) is 3.32. The molecule has 3 aromatic rings. The molecule has 0 bridgehead atoms. The Hall–Kier alpha value is -1.63. The molecule has 1 aliphatic heterocycles. The second kappa shape index (κ2) is 7.55. The predicted molar refractivity (Wildman–Crippen MR) is 109 cm³/mol. The third-order valence-electron chi connectivity index (χ3n) is 4.71. The number of nitrogens with zero attached hydrogens (tertiary/aromatic N) is 1. The number of fused-ring (bicyclic) bond motifs is 1. The van der Waals surface area contributed by atoms with Crippen molar-refractivity contribution < 1.29 is 9.53 Å². The van der Waals surface area contributed by atoms with Gasteiger partial charge in [0.15, 0.2) is 0 Å². The molecule has 6 heteroatoms. The fourth-order valence-corrected chi connectivity index (χ4v) is 4.62. The Bertz CT molecular complexity index is 923. The van der Waals surface area contributed by atoms with Gasteiger partial charge in [-0.05, 0) is 49.6 Å². The minimum Gasteiger partial charge on any atom is -0.376 e. The number of hydrogen-bond donors (Lipinski definition) is 1. The number of nitrogens with one attached hydrogen (secondary N) is 1. The van der Waals surface area contributed by atoms with Crippen LogP contribution < -0.4 is 5.32 Å². The van der Waals surface area contributed by atoms with Crippen LogP contribution in [0.3, 0.4) is 0 Å². The number of halogens is 1. The van der Waals surface area contributed by atoms with Crippen LogP contribution in [0.15, 0.2) is 40.9 Å². The molecule has 1 fully saturated rings. The monoisotopic (exact) mass is 432 g/mol. The third-order valence-corrected chi connectivity index (χ3v) is 6.23. The maximum atomic E-state index is 12.8. The van der Waals surface area contributed by atoms with Crippen LogP contribution >= 0.6 is 27.3 Å². The quantitative estimate of drug-likeness (QED) is 0.632. The number of rotatable bonds is 5. The SMILES string of the molecule is Cc1cc2c(cc(C(=O)NCC3CCCO3)n2Cc2ccc(Br)cc2)s1. The molecule has 1 saturated heterocycles. The minimum absolute atomic E-state index is 0.0290. The number of benzene rings is 1. The summed E-state index contributed by atoms with van der Waals surface area (Å²) in [6.07, 6.45) is 2.25. The van der Waals surface area contributed by atoms with E-state index in [1.807, 2.05) is 18.2 Å². The van der Waals surface area contributed by atoms with E-state index in [0.717, 1.165) is 34.1 Å². The Morgan fingerprint density at radius 3 is 2.88 bits per heavy atom. The lowest BCUT2D eigenvalue weighted by atomic mass is 10.2. The number of hydrogen-bond acceptors (Lipinski definition) is 3. The molecule has 1 atom stereocenters. The first-order valence-corrected chi connectivity index (χ1v) is 10.4. The Kier molecular flexibility index (Phi) is 5.16. The van der Waals surface area contributed by atoms with Crippen molar-refractivity contribution in [2.24, 2.45) is 0 Å². The van der Waals surface area contributed by atoms with Crippen molar-refractivity contribution in [1.82, 2.24) is 9.88 Å². The van der Waals surface area contributed by atoms with Gasteiger partial charge in [-0.25, -0.2) is 0 Å². The molecule has 136 valence electrons. The summed E-state index contributed by atoms with van der Waals surface area (Å²) in [6, 6.07) is 12.4. The van der Waals surface area contributed by atoms with E-state index < -0.39 is 0 Å². The van der Waals surface area contributed by atoms with E-state index in [2.05, 4.69) is 50.9 Å². The summed E-state index contributed by atoms with van der Waals surface area (Å²) < 4.78 is 9.94. The van der Waals surface area contributed by atoms with Gasteiger partial charge in [-0.15, -0.1) is 11.3 Å². The van der Waals surface area contributed by atoms with Crippen molar-refractivity contribution in [3.63, 3.8) is 0 Å². The highest BCUT2D eigenvalue weighted by atomic mass is 79.9. The van der Waals surface area contributed by atoms with E-state index in [0.29, 0.717) is 18.8 Å². The van der Waals surface area contributed by atoms with Crippen molar-refractivity contribution in [3.05, 3.63) is 57.0 Å². The van der Waals surface area contributed by atoms with E-state index in [1.54, 1.807) is 11.3 Å². The topological polar surface area (TPSA) is 43.3 Å². The molecule has 0 saturated carbocycles. The van der Waals surface area contributed by atoms with Crippen LogP contribution in [-0.2, 0) is 11.3 Å². The average molecular weight is 433 g/mol. The van der Waals surface area contributed by atoms with Crippen LogP contribution in [0.1, 0.15) is 33.8 Å². The van der Waals surface area contributed by atoms with Crippen molar-refractivity contribution in [2.75, 3.05) is 13.2 Å². The second-order valence-electron chi connectivity index (χ2n) is 6.69. The van der Waals surface area contributed by atoms with Gasteiger partial charge in [0.25, 0.3) is 5.91 Å². The van der Waals surface area contributed by atoms with Crippen LogP contribution in [-0.4, -0.2) is 29.7 Å². The lowest BCUT2D eigenvalue weighted by Crippen LogP contribution is -2.33. The smallest absolute Gasteiger partial charge is 0.268 e. The molecule has 1 aliphatic rings. The number of thiophene rings is 1. The molecular weight excluding hydrogens is 412 g/mol. The zero-order chi connectivity index (χ0) is 18.1. The number of amides is 1. The molecular formula is C20H21BrN2O2S. The van der Waals surface area contributed by atoms with Crippen LogP contribution in [0.2, 0.25) is 0 Å². The molecule has 4 nitrogen and oxygen atoms in total. The van der Waals surface area contributed by atoms with Gasteiger partial charge in [0, 0.05) is 29.0 Å². The van der Waals surface area contributed by atoms with Crippen molar-refractivity contribution in [2.45, 2.75) is 32.4 Å². The van der Waals surface area contributed by atoms with Crippen LogP contribution in [0.5, 0.6) is 0 Å². The Morgan fingerprint density at radius 2 is 2.15 bits per heavy atom. The van der Waals surface area contributed by atoms with Gasteiger partial charge in [-0.3, -0.25) is 4.79 Å². The zero-order valence-electron chi connectivity index (χ0n) is 14.6. The van der Waals surface area contributed by atoms with Gasteiger partial charge >= 0.3 is 0 Å². The molecule has 3 heterocycles. The molecule has 1 aromatic carbocycles. The van der Waals surface area contributed by atoms with Gasteiger partial charge in [-0.2, -0.15) is 0 Å². The fourth-order valence-electron chi connectivity index (χ4n) is 3.40. The molecule has 26 heavy (non-hydrogen) atoms. The summed E-state index contributed by atoms with van der Waals surface area (Å²) in [5, 5.41) is 3.05. The molecule has 2 aromatic heterocycles. The summed E-state index contributed by atoms with van der Waals surface area (Å²) in [5.74, 6) is -0.0290. The van der Waals surface area contributed by atoms with E-state index >= 15 is 0 Å². The minimum atomic E-state index is -0.0290. The standard InChI is InChI=1S/C20H21BrN2O2S/c1-13-9-17-19(26-13)10-18(20(24)22-11-16-3-2-8-25-16)23(17)12-14-4-6-15(21)7-5-14/h4-7,9-10,16H,2-3,8,11-12H2,1H3,(H,22,24). The van der Waals surface area contributed by atoms with Gasteiger partial charge in [0.2, 0.25) is 0 Å². The third kappa shape index (κ3) is 3.72. The van der Waals surface area contributed by atoms with E-state index in [4.69, 9.17) is 4.74 Å². The molecule has 1 amide bonds. The largest absolute Gasteiger partial charge is 0.376 e. The highest BCUT2D eigenvalue weighted by Crippen LogP contribution is 2.29. The first kappa shape index (κ1) is 17.8. The number of carbonyl (C=O) groups excluding carboxylic acids is 1. The summed E-state index contributed by atoms with van der Waals surface area (Å²) in [4.78, 5) is 14.1. The van der Waals surface area contributed by atoms with Crippen molar-refractivity contribution in [3.8, 4) is 0 Å². The molecule has 1 N–H and O–H groups in total. The molecule has 0 spiro atoms. The predicted octanol–water partition coefficient (Wildman–Crippen LogP) is 4.73. The Labute approximate surface area is 165 Å². The van der Waals surface area contributed by atoms with E-state index in [1.165, 1.54) is 10.4 Å². The molecule has 0 aliphatic carbocycles. The summed E-state index contributed by atoms with van der Waals surface area (Å²) >= 11 is 5.20. The normalized spacial score (nSPS) is 17.1. The van der Waals surface area contributed by atoms with Gasteiger partial charge < -0.3 is 14.6 Å². The maximum Gasteiger partial charge on any atom is 0.268 e. The van der Waals surface area contributed by atoms with Crippen molar-refractivity contribution >= 4 is 43.4 Å². The second-order valence-corrected chi connectivity index (χ2v) is 8.90. The van der Waals surface area contributed by atoms with Gasteiger partial charge in [0.1, 0.15) is 5.69 Å². The fraction of sp³-hybridized carbons (Fsp3) is 0.350. The molecule has 0 radical (unpaired) electrons. The van der Waals surface area contributed by atoms with E-state index in [9.17, 15) is 4.79 Å². The van der Waals surface area contributed by atoms with Crippen LogP contribution in [0, 0.1) is 6.92 Å². The number of carbonyl (C=O) groups is 1. The van der Waals surface area contributed by atoms with Gasteiger partial charge in [0.05, 0.1) is 16.3 Å². The molecule has 1 unspecified atom stereocenters. The highest BCUT2D eigenvalue weighted by molar-refractivity contribution is 9.10. The van der Waals surface area contributed by atoms with Crippen molar-refractivity contribution in [1.29, 1.82) is 0 Å². The first-order valence-electron chi connectivity index (χ1n) is 8.84. The number of aryl methyl sites for hydroxylation is 1. The highest BCUT2D eigenvalue weighted by Gasteiger charge is 2.20.